The van der Waals surface area contributed by atoms with Crippen molar-refractivity contribution in [2.75, 3.05) is 31.2 Å². The predicted octanol–water partition coefficient (Wildman–Crippen LogP) is 4.11. The van der Waals surface area contributed by atoms with E-state index >= 15 is 4.39 Å². The smallest absolute Gasteiger partial charge is 0.175 e. The Morgan fingerprint density at radius 3 is 2.57 bits per heavy atom. The molecule has 6 heterocycles. The number of hydrogen-bond donors (Lipinski definition) is 2. The van der Waals surface area contributed by atoms with Gasteiger partial charge in [-0.25, -0.2) is 18.9 Å². The maximum atomic E-state index is 16.2. The number of nitrogens with one attached hydrogen (secondary N) is 2. The average Bonchev–Trinajstić information content (AvgIpc) is 3.45. The van der Waals surface area contributed by atoms with Crippen LogP contribution in [0.3, 0.4) is 0 Å². The quantitative estimate of drug-likeness (QED) is 0.450. The Bertz CT molecular complexity index is 1400. The van der Waals surface area contributed by atoms with Crippen molar-refractivity contribution in [3.8, 4) is 11.3 Å². The Kier molecular flexibility index (Phi) is 5.49. The molecule has 0 atom stereocenters. The van der Waals surface area contributed by atoms with Gasteiger partial charge in [0.1, 0.15) is 6.33 Å². The van der Waals surface area contributed by atoms with Gasteiger partial charge >= 0.3 is 0 Å². The van der Waals surface area contributed by atoms with E-state index in [1.54, 1.807) is 17.0 Å². The highest BCUT2D eigenvalue weighted by atomic mass is 19.1. The Hall–Kier alpha value is -3.04. The molecule has 0 radical (unpaired) electrons. The first-order valence-corrected chi connectivity index (χ1v) is 12.5. The highest BCUT2D eigenvalue weighted by Crippen LogP contribution is 2.40. The second-order valence-corrected chi connectivity index (χ2v) is 10.2. The number of aromatic nitrogens is 5. The molecule has 0 aromatic carbocycles. The van der Waals surface area contributed by atoms with Crippen LogP contribution in [0.4, 0.5) is 10.2 Å². The molecule has 4 aromatic rings. The van der Waals surface area contributed by atoms with Crippen LogP contribution >= 0.6 is 0 Å². The Labute approximate surface area is 203 Å². The second-order valence-electron chi connectivity index (χ2n) is 10.2. The SMILES string of the molecule is Cc1c(-c2[nH]c3cnc(N4CCC(NC5COC5)CC4)c(F)c3c2C(C)C)cn2ncnc2c1C. The van der Waals surface area contributed by atoms with Gasteiger partial charge < -0.3 is 19.9 Å². The zero-order valence-corrected chi connectivity index (χ0v) is 20.7. The average molecular weight is 478 g/mol. The molecule has 2 fully saturated rings. The van der Waals surface area contributed by atoms with E-state index in [1.165, 1.54) is 0 Å². The van der Waals surface area contributed by atoms with Crippen LogP contribution in [0.1, 0.15) is 49.3 Å². The summed E-state index contributed by atoms with van der Waals surface area (Å²) in [6.07, 6.45) is 7.28. The van der Waals surface area contributed by atoms with Crippen LogP contribution in [0.15, 0.2) is 18.7 Å². The summed E-state index contributed by atoms with van der Waals surface area (Å²) in [5.74, 6) is 0.341. The first kappa shape index (κ1) is 22.4. The molecule has 9 heteroatoms. The van der Waals surface area contributed by atoms with Crippen molar-refractivity contribution in [3.05, 3.63) is 41.2 Å². The van der Waals surface area contributed by atoms with Crippen molar-refractivity contribution in [1.82, 2.24) is 29.9 Å². The largest absolute Gasteiger partial charge is 0.378 e. The van der Waals surface area contributed by atoms with Crippen LogP contribution in [-0.2, 0) is 4.74 Å². The predicted molar refractivity (Wildman–Crippen MR) is 135 cm³/mol. The number of fused-ring (bicyclic) bond motifs is 2. The van der Waals surface area contributed by atoms with Crippen molar-refractivity contribution >= 4 is 22.4 Å². The molecule has 0 saturated carbocycles. The van der Waals surface area contributed by atoms with E-state index in [1.807, 2.05) is 6.20 Å². The van der Waals surface area contributed by atoms with Gasteiger partial charge in [0.05, 0.1) is 36.7 Å². The molecule has 2 aliphatic heterocycles. The molecule has 2 aliphatic rings. The van der Waals surface area contributed by atoms with Crippen molar-refractivity contribution in [1.29, 1.82) is 0 Å². The van der Waals surface area contributed by atoms with E-state index in [4.69, 9.17) is 4.74 Å². The van der Waals surface area contributed by atoms with Gasteiger partial charge in [0.2, 0.25) is 0 Å². The number of halogens is 1. The third-order valence-electron chi connectivity index (χ3n) is 7.68. The fourth-order valence-electron chi connectivity index (χ4n) is 5.55. The molecular formula is C26H32FN7O. The van der Waals surface area contributed by atoms with Crippen LogP contribution in [0.25, 0.3) is 27.8 Å². The second kappa shape index (κ2) is 8.57. The first-order valence-electron chi connectivity index (χ1n) is 12.5. The van der Waals surface area contributed by atoms with E-state index < -0.39 is 0 Å². The van der Waals surface area contributed by atoms with E-state index in [0.717, 1.165) is 78.3 Å². The maximum Gasteiger partial charge on any atom is 0.175 e. The van der Waals surface area contributed by atoms with Crippen LogP contribution in [-0.4, -0.2) is 63.0 Å². The van der Waals surface area contributed by atoms with E-state index in [9.17, 15) is 0 Å². The molecule has 0 bridgehead atoms. The number of anilines is 1. The number of pyridine rings is 2. The third kappa shape index (κ3) is 3.68. The molecule has 184 valence electrons. The maximum absolute atomic E-state index is 16.2. The number of H-pyrrole nitrogens is 1. The molecule has 0 unspecified atom stereocenters. The Balaban J connectivity index is 1.39. The highest BCUT2D eigenvalue weighted by molar-refractivity contribution is 5.94. The third-order valence-corrected chi connectivity index (χ3v) is 7.68. The van der Waals surface area contributed by atoms with Gasteiger partial charge in [-0.2, -0.15) is 5.10 Å². The van der Waals surface area contributed by atoms with Crippen molar-refractivity contribution in [3.63, 3.8) is 0 Å². The van der Waals surface area contributed by atoms with Gasteiger partial charge in [0.15, 0.2) is 17.3 Å². The highest BCUT2D eigenvalue weighted by Gasteiger charge is 2.29. The van der Waals surface area contributed by atoms with Gasteiger partial charge in [-0.1, -0.05) is 13.8 Å². The minimum atomic E-state index is -0.233. The van der Waals surface area contributed by atoms with Gasteiger partial charge in [-0.3, -0.25) is 0 Å². The molecule has 6 rings (SSSR count). The molecule has 0 spiro atoms. The van der Waals surface area contributed by atoms with Crippen molar-refractivity contribution in [2.45, 2.75) is 58.5 Å². The molecule has 35 heavy (non-hydrogen) atoms. The first-order chi connectivity index (χ1) is 16.9. The summed E-state index contributed by atoms with van der Waals surface area (Å²) in [5, 5.41) is 8.64. The van der Waals surface area contributed by atoms with Crippen LogP contribution < -0.4 is 10.2 Å². The molecule has 2 N–H and O–H groups in total. The van der Waals surface area contributed by atoms with E-state index in [0.29, 0.717) is 23.3 Å². The lowest BCUT2D eigenvalue weighted by Crippen LogP contribution is -2.53. The lowest BCUT2D eigenvalue weighted by Gasteiger charge is -2.37. The van der Waals surface area contributed by atoms with Gasteiger partial charge in [-0.05, 0) is 49.3 Å². The fraction of sp³-hybridized carbons (Fsp3) is 0.500. The minimum Gasteiger partial charge on any atom is -0.378 e. The number of aromatic amines is 1. The topological polar surface area (TPSA) is 83.4 Å². The molecule has 4 aromatic heterocycles. The fourth-order valence-corrected chi connectivity index (χ4v) is 5.55. The van der Waals surface area contributed by atoms with Crippen molar-refractivity contribution < 1.29 is 9.13 Å². The lowest BCUT2D eigenvalue weighted by molar-refractivity contribution is -0.0111. The lowest BCUT2D eigenvalue weighted by atomic mass is 9.94. The van der Waals surface area contributed by atoms with Crippen LogP contribution in [0.5, 0.6) is 0 Å². The molecule has 2 saturated heterocycles. The number of hydrogen-bond acceptors (Lipinski definition) is 6. The summed E-state index contributed by atoms with van der Waals surface area (Å²) in [6, 6.07) is 0.920. The molecule has 0 aliphatic carbocycles. The number of ether oxygens (including phenoxy) is 1. The number of piperidine rings is 1. The number of nitrogens with zero attached hydrogens (tertiary/aromatic N) is 5. The Morgan fingerprint density at radius 2 is 1.89 bits per heavy atom. The van der Waals surface area contributed by atoms with E-state index in [2.05, 4.69) is 58.0 Å². The zero-order chi connectivity index (χ0) is 24.3. The van der Waals surface area contributed by atoms with Gasteiger partial charge in [0.25, 0.3) is 0 Å². The summed E-state index contributed by atoms with van der Waals surface area (Å²) < 4.78 is 23.2. The summed E-state index contributed by atoms with van der Waals surface area (Å²) in [6.45, 7) is 11.5. The van der Waals surface area contributed by atoms with Gasteiger partial charge in [-0.15, -0.1) is 0 Å². The standard InChI is InChI=1S/C26H32FN7O/c1-14(2)21-22-20(32-24(21)19-10-34-25(29-13-30-34)16(4)15(19)3)9-28-26(23(22)27)33-7-5-17(6-8-33)31-18-11-35-12-18/h9-10,13-14,17-18,31-32H,5-8,11-12H2,1-4H3. The monoisotopic (exact) mass is 477 g/mol. The summed E-state index contributed by atoms with van der Waals surface area (Å²) in [5.41, 5.74) is 6.65. The Morgan fingerprint density at radius 1 is 1.11 bits per heavy atom. The summed E-state index contributed by atoms with van der Waals surface area (Å²) in [4.78, 5) is 14.6. The number of aryl methyl sites for hydroxylation is 1. The van der Waals surface area contributed by atoms with Crippen LogP contribution in [0, 0.1) is 19.7 Å². The summed E-state index contributed by atoms with van der Waals surface area (Å²) in [7, 11) is 0. The normalized spacial score (nSPS) is 17.7. The number of rotatable bonds is 5. The van der Waals surface area contributed by atoms with Crippen LogP contribution in [0.2, 0.25) is 0 Å². The molecular weight excluding hydrogens is 445 g/mol. The van der Waals surface area contributed by atoms with Gasteiger partial charge in [0, 0.05) is 36.3 Å². The zero-order valence-electron chi connectivity index (χ0n) is 20.7. The minimum absolute atomic E-state index is 0.120. The molecule has 0 amide bonds. The molecule has 8 nitrogen and oxygen atoms in total. The van der Waals surface area contributed by atoms with Crippen molar-refractivity contribution in [2.24, 2.45) is 0 Å². The van der Waals surface area contributed by atoms with E-state index in [-0.39, 0.29) is 11.7 Å². The summed E-state index contributed by atoms with van der Waals surface area (Å²) >= 11 is 0.